The van der Waals surface area contributed by atoms with Gasteiger partial charge in [0.2, 0.25) is 0 Å². The Hall–Kier alpha value is -2.88. The molecule has 0 amide bonds. The standard InChI is InChI=1S/C11H8N4O3/c1-18-9-2-10(13-4-7(9)3-12)15-6-8(5-14-15)11(16)17/h2,4-6H,1H3,(H,16,17). The van der Waals surface area contributed by atoms with E-state index >= 15 is 0 Å². The second-order valence-electron chi connectivity index (χ2n) is 3.33. The van der Waals surface area contributed by atoms with Crippen molar-refractivity contribution in [2.75, 3.05) is 7.11 Å². The van der Waals surface area contributed by atoms with Gasteiger partial charge in [-0.1, -0.05) is 0 Å². The van der Waals surface area contributed by atoms with Crippen LogP contribution in [0.1, 0.15) is 15.9 Å². The lowest BCUT2D eigenvalue weighted by Crippen LogP contribution is -2.00. The number of ether oxygens (including phenoxy) is 1. The van der Waals surface area contributed by atoms with Gasteiger partial charge in [-0.05, 0) is 0 Å². The minimum absolute atomic E-state index is 0.0557. The zero-order valence-electron chi connectivity index (χ0n) is 9.36. The maximum Gasteiger partial charge on any atom is 0.338 e. The molecule has 0 aliphatic heterocycles. The Morgan fingerprint density at radius 1 is 1.56 bits per heavy atom. The summed E-state index contributed by atoms with van der Waals surface area (Å²) in [6.07, 6.45) is 3.89. The molecule has 0 unspecified atom stereocenters. The van der Waals surface area contributed by atoms with E-state index in [4.69, 9.17) is 15.1 Å². The van der Waals surface area contributed by atoms with E-state index in [1.165, 1.54) is 36.4 Å². The minimum atomic E-state index is -1.07. The molecule has 0 aromatic carbocycles. The maximum absolute atomic E-state index is 10.7. The van der Waals surface area contributed by atoms with Gasteiger partial charge in [0.1, 0.15) is 17.4 Å². The first kappa shape index (κ1) is 11.6. The lowest BCUT2D eigenvalue weighted by molar-refractivity contribution is 0.0697. The Labute approximate surface area is 102 Å². The van der Waals surface area contributed by atoms with Gasteiger partial charge in [0.25, 0.3) is 0 Å². The number of hydrogen-bond donors (Lipinski definition) is 1. The molecule has 2 aromatic rings. The van der Waals surface area contributed by atoms with Crippen molar-refractivity contribution < 1.29 is 14.6 Å². The van der Waals surface area contributed by atoms with Crippen LogP contribution < -0.4 is 4.74 Å². The molecule has 0 radical (unpaired) electrons. The molecule has 0 atom stereocenters. The fraction of sp³-hybridized carbons (Fsp3) is 0.0909. The average molecular weight is 244 g/mol. The third-order valence-corrected chi connectivity index (χ3v) is 2.26. The van der Waals surface area contributed by atoms with Crippen molar-refractivity contribution in [1.29, 1.82) is 5.26 Å². The van der Waals surface area contributed by atoms with Gasteiger partial charge in [-0.25, -0.2) is 14.5 Å². The summed E-state index contributed by atoms with van der Waals surface area (Å²) < 4.78 is 6.33. The zero-order valence-corrected chi connectivity index (χ0v) is 9.36. The third kappa shape index (κ3) is 1.99. The summed E-state index contributed by atoms with van der Waals surface area (Å²) in [5.74, 6) is -0.338. The van der Waals surface area contributed by atoms with Gasteiger partial charge < -0.3 is 9.84 Å². The van der Waals surface area contributed by atoms with Crippen molar-refractivity contribution in [2.24, 2.45) is 0 Å². The third-order valence-electron chi connectivity index (χ3n) is 2.26. The van der Waals surface area contributed by atoms with Crippen molar-refractivity contribution in [2.45, 2.75) is 0 Å². The number of pyridine rings is 1. The van der Waals surface area contributed by atoms with E-state index in [-0.39, 0.29) is 5.56 Å². The van der Waals surface area contributed by atoms with Crippen LogP contribution in [0.5, 0.6) is 5.75 Å². The number of carboxylic acids is 1. The molecule has 0 fully saturated rings. The van der Waals surface area contributed by atoms with Crippen molar-refractivity contribution in [1.82, 2.24) is 14.8 Å². The highest BCUT2D eigenvalue weighted by molar-refractivity contribution is 5.86. The van der Waals surface area contributed by atoms with Crippen molar-refractivity contribution in [3.63, 3.8) is 0 Å². The number of rotatable bonds is 3. The molecule has 0 saturated carbocycles. The Morgan fingerprint density at radius 2 is 2.33 bits per heavy atom. The fourth-order valence-corrected chi connectivity index (χ4v) is 1.36. The van der Waals surface area contributed by atoms with E-state index in [9.17, 15) is 4.79 Å². The Bertz CT molecular complexity index is 642. The highest BCUT2D eigenvalue weighted by Crippen LogP contribution is 2.19. The van der Waals surface area contributed by atoms with Crippen LogP contribution in [0, 0.1) is 11.3 Å². The van der Waals surface area contributed by atoms with Crippen LogP contribution in [0.4, 0.5) is 0 Å². The van der Waals surface area contributed by atoms with Crippen LogP contribution in [0.3, 0.4) is 0 Å². The first-order valence-corrected chi connectivity index (χ1v) is 4.88. The number of carboxylic acid groups (broad SMARTS) is 1. The highest BCUT2D eigenvalue weighted by atomic mass is 16.5. The molecular formula is C11H8N4O3. The Kier molecular flexibility index (Phi) is 2.93. The predicted molar refractivity (Wildman–Crippen MR) is 59.6 cm³/mol. The van der Waals surface area contributed by atoms with E-state index in [0.717, 1.165) is 0 Å². The summed E-state index contributed by atoms with van der Waals surface area (Å²) in [5.41, 5.74) is 0.354. The molecular weight excluding hydrogens is 236 g/mol. The summed E-state index contributed by atoms with van der Waals surface area (Å²) in [6, 6.07) is 3.45. The van der Waals surface area contributed by atoms with Crippen LogP contribution in [-0.4, -0.2) is 33.0 Å². The average Bonchev–Trinajstić information content (AvgIpc) is 2.87. The van der Waals surface area contributed by atoms with E-state index in [2.05, 4.69) is 10.1 Å². The van der Waals surface area contributed by atoms with Crippen LogP contribution in [0.15, 0.2) is 24.7 Å². The number of aromatic nitrogens is 3. The fourth-order valence-electron chi connectivity index (χ4n) is 1.36. The van der Waals surface area contributed by atoms with Crippen LogP contribution >= 0.6 is 0 Å². The van der Waals surface area contributed by atoms with E-state index in [0.29, 0.717) is 17.1 Å². The lowest BCUT2D eigenvalue weighted by Gasteiger charge is -2.04. The maximum atomic E-state index is 10.7. The van der Waals surface area contributed by atoms with E-state index < -0.39 is 5.97 Å². The van der Waals surface area contributed by atoms with Gasteiger partial charge in [-0.15, -0.1) is 0 Å². The Morgan fingerprint density at radius 3 is 2.89 bits per heavy atom. The molecule has 0 aliphatic carbocycles. The van der Waals surface area contributed by atoms with Gasteiger partial charge in [-0.3, -0.25) is 0 Å². The molecule has 0 saturated heterocycles. The smallest absolute Gasteiger partial charge is 0.338 e. The van der Waals surface area contributed by atoms with Gasteiger partial charge in [0, 0.05) is 12.3 Å². The summed E-state index contributed by atoms with van der Waals surface area (Å²) in [7, 11) is 1.44. The summed E-state index contributed by atoms with van der Waals surface area (Å²) >= 11 is 0. The van der Waals surface area contributed by atoms with Crippen molar-refractivity contribution in [3.05, 3.63) is 35.8 Å². The van der Waals surface area contributed by atoms with Crippen LogP contribution in [-0.2, 0) is 0 Å². The van der Waals surface area contributed by atoms with E-state index in [1.54, 1.807) is 0 Å². The second-order valence-corrected chi connectivity index (χ2v) is 3.33. The molecule has 7 heteroatoms. The summed E-state index contributed by atoms with van der Waals surface area (Å²) in [5, 5.41) is 21.5. The quantitative estimate of drug-likeness (QED) is 0.858. The van der Waals surface area contributed by atoms with Crippen molar-refractivity contribution in [3.8, 4) is 17.6 Å². The SMILES string of the molecule is COc1cc(-n2cc(C(=O)O)cn2)ncc1C#N. The van der Waals surface area contributed by atoms with Crippen LogP contribution in [0.25, 0.3) is 5.82 Å². The predicted octanol–water partition coefficient (Wildman–Crippen LogP) is 0.846. The molecule has 0 bridgehead atoms. The zero-order chi connectivity index (χ0) is 13.1. The van der Waals surface area contributed by atoms with E-state index in [1.807, 2.05) is 6.07 Å². The normalized spacial score (nSPS) is 9.78. The largest absolute Gasteiger partial charge is 0.495 e. The number of hydrogen-bond acceptors (Lipinski definition) is 5. The van der Waals surface area contributed by atoms with Crippen molar-refractivity contribution >= 4 is 5.97 Å². The topological polar surface area (TPSA) is 101 Å². The van der Waals surface area contributed by atoms with Crippen LogP contribution in [0.2, 0.25) is 0 Å². The second kappa shape index (κ2) is 4.55. The Balaban J connectivity index is 2.45. The molecule has 90 valence electrons. The highest BCUT2D eigenvalue weighted by Gasteiger charge is 2.10. The number of nitrogens with zero attached hydrogens (tertiary/aromatic N) is 4. The number of nitriles is 1. The first-order chi connectivity index (χ1) is 8.65. The monoisotopic (exact) mass is 244 g/mol. The van der Waals surface area contributed by atoms with Gasteiger partial charge in [0.15, 0.2) is 5.82 Å². The molecule has 2 rings (SSSR count). The summed E-state index contributed by atoms with van der Waals surface area (Å²) in [6.45, 7) is 0. The molecule has 2 aromatic heterocycles. The molecule has 7 nitrogen and oxygen atoms in total. The number of methoxy groups -OCH3 is 1. The van der Waals surface area contributed by atoms with Gasteiger partial charge in [0.05, 0.1) is 25.1 Å². The molecule has 0 spiro atoms. The molecule has 2 heterocycles. The lowest BCUT2D eigenvalue weighted by atomic mass is 10.3. The van der Waals surface area contributed by atoms with Gasteiger partial charge >= 0.3 is 5.97 Å². The van der Waals surface area contributed by atoms with Gasteiger partial charge in [-0.2, -0.15) is 10.4 Å². The summed E-state index contributed by atoms with van der Waals surface area (Å²) in [4.78, 5) is 14.7. The number of carbonyl (C=O) groups is 1. The minimum Gasteiger partial charge on any atom is -0.495 e. The first-order valence-electron chi connectivity index (χ1n) is 4.88. The molecule has 0 aliphatic rings. The number of aromatic carboxylic acids is 1. The molecule has 18 heavy (non-hydrogen) atoms. The molecule has 1 N–H and O–H groups in total.